The number of aromatic nitrogens is 2. The van der Waals surface area contributed by atoms with Crippen molar-refractivity contribution in [2.24, 2.45) is 7.05 Å². The van der Waals surface area contributed by atoms with Crippen LogP contribution < -0.4 is 10.1 Å². The summed E-state index contributed by atoms with van der Waals surface area (Å²) in [4.78, 5) is 16.8. The molecule has 5 heteroatoms. The first-order valence-corrected chi connectivity index (χ1v) is 8.62. The van der Waals surface area contributed by atoms with Gasteiger partial charge in [0.2, 0.25) is 5.91 Å². The smallest absolute Gasteiger partial charge is 0.220 e. The molecule has 2 heterocycles. The van der Waals surface area contributed by atoms with Crippen LogP contribution in [0, 0.1) is 0 Å². The third-order valence-corrected chi connectivity index (χ3v) is 4.72. The molecule has 0 spiro atoms. The molecule has 5 nitrogen and oxygen atoms in total. The van der Waals surface area contributed by atoms with Crippen LogP contribution in [0.2, 0.25) is 0 Å². The molecule has 4 rings (SSSR count). The lowest BCUT2D eigenvalue weighted by Crippen LogP contribution is -2.24. The molecular weight excluding hydrogens is 314 g/mol. The minimum atomic E-state index is 0.0452. The first-order valence-electron chi connectivity index (χ1n) is 8.62. The number of hydrogen-bond acceptors (Lipinski definition) is 3. The van der Waals surface area contributed by atoms with Crippen LogP contribution in [0.3, 0.4) is 0 Å². The second-order valence-electron chi connectivity index (χ2n) is 6.39. The van der Waals surface area contributed by atoms with E-state index in [2.05, 4.69) is 16.4 Å². The number of rotatable bonds is 5. The first-order chi connectivity index (χ1) is 12.2. The molecule has 1 amide bonds. The van der Waals surface area contributed by atoms with Crippen molar-refractivity contribution in [2.45, 2.75) is 25.8 Å². The fourth-order valence-electron chi connectivity index (χ4n) is 3.27. The van der Waals surface area contributed by atoms with Crippen molar-refractivity contribution in [1.82, 2.24) is 14.9 Å². The average Bonchev–Trinajstić information content (AvgIpc) is 3.22. The predicted molar refractivity (Wildman–Crippen MR) is 96.5 cm³/mol. The number of benzene rings is 2. The lowest BCUT2D eigenvalue weighted by Gasteiger charge is -2.07. The maximum Gasteiger partial charge on any atom is 0.220 e. The molecule has 1 aromatic heterocycles. The molecule has 0 bridgehead atoms. The van der Waals surface area contributed by atoms with Gasteiger partial charge in [-0.05, 0) is 35.7 Å². The van der Waals surface area contributed by atoms with Gasteiger partial charge in [-0.1, -0.05) is 24.3 Å². The summed E-state index contributed by atoms with van der Waals surface area (Å²) < 4.78 is 7.54. The first kappa shape index (κ1) is 15.7. The summed E-state index contributed by atoms with van der Waals surface area (Å²) >= 11 is 0. The Morgan fingerprint density at radius 1 is 1.28 bits per heavy atom. The number of carbonyl (C=O) groups is 1. The highest BCUT2D eigenvalue weighted by Crippen LogP contribution is 2.26. The van der Waals surface area contributed by atoms with E-state index in [1.807, 2.05) is 48.0 Å². The number of imidazole rings is 1. The molecule has 0 fully saturated rings. The van der Waals surface area contributed by atoms with Crippen LogP contribution in [0.1, 0.15) is 23.4 Å². The molecule has 128 valence electrons. The zero-order chi connectivity index (χ0) is 17.2. The number of ether oxygens (including phenoxy) is 1. The van der Waals surface area contributed by atoms with E-state index in [-0.39, 0.29) is 5.91 Å². The van der Waals surface area contributed by atoms with Crippen LogP contribution in [-0.4, -0.2) is 22.1 Å². The molecule has 1 aliphatic rings. The highest BCUT2D eigenvalue weighted by molar-refractivity contribution is 5.77. The number of amides is 1. The Balaban J connectivity index is 1.33. The molecule has 3 aromatic rings. The number of fused-ring (bicyclic) bond motifs is 2. The van der Waals surface area contributed by atoms with E-state index < -0.39 is 0 Å². The third kappa shape index (κ3) is 3.22. The Hall–Kier alpha value is -2.82. The molecule has 1 N–H and O–H groups in total. The van der Waals surface area contributed by atoms with E-state index in [9.17, 15) is 4.79 Å². The summed E-state index contributed by atoms with van der Waals surface area (Å²) in [6, 6.07) is 14.2. The lowest BCUT2D eigenvalue weighted by atomic mass is 10.0. The maximum absolute atomic E-state index is 12.2. The van der Waals surface area contributed by atoms with Gasteiger partial charge in [0.15, 0.2) is 0 Å². The molecule has 0 saturated heterocycles. The van der Waals surface area contributed by atoms with E-state index in [1.165, 1.54) is 11.1 Å². The second kappa shape index (κ2) is 6.59. The number of nitrogens with one attached hydrogen (secondary N) is 1. The molecule has 2 aromatic carbocycles. The summed E-state index contributed by atoms with van der Waals surface area (Å²) in [6.45, 7) is 1.21. The molecule has 1 aliphatic heterocycles. The van der Waals surface area contributed by atoms with Gasteiger partial charge in [0.05, 0.1) is 24.2 Å². The molecule has 0 saturated carbocycles. The van der Waals surface area contributed by atoms with Crippen molar-refractivity contribution in [2.75, 3.05) is 6.61 Å². The molecule has 0 radical (unpaired) electrons. The van der Waals surface area contributed by atoms with Gasteiger partial charge in [-0.25, -0.2) is 4.98 Å². The van der Waals surface area contributed by atoms with Crippen molar-refractivity contribution in [3.05, 3.63) is 59.4 Å². The average molecular weight is 335 g/mol. The quantitative estimate of drug-likeness (QED) is 0.780. The van der Waals surface area contributed by atoms with E-state index >= 15 is 0 Å². The maximum atomic E-state index is 12.2. The van der Waals surface area contributed by atoms with Gasteiger partial charge in [-0.15, -0.1) is 0 Å². The Morgan fingerprint density at radius 3 is 3.04 bits per heavy atom. The zero-order valence-corrected chi connectivity index (χ0v) is 14.3. The summed E-state index contributed by atoms with van der Waals surface area (Å²) in [6.07, 6.45) is 2.17. The number of carbonyl (C=O) groups excluding carboxylic acids is 1. The number of para-hydroxylation sites is 2. The Morgan fingerprint density at radius 2 is 2.16 bits per heavy atom. The molecular formula is C20H21N3O2. The fraction of sp³-hybridized carbons (Fsp3) is 0.300. The van der Waals surface area contributed by atoms with E-state index in [0.717, 1.165) is 42.1 Å². The van der Waals surface area contributed by atoms with Crippen LogP contribution in [0.4, 0.5) is 0 Å². The van der Waals surface area contributed by atoms with Gasteiger partial charge in [-0.2, -0.15) is 0 Å². The molecule has 0 aliphatic carbocycles. The summed E-state index contributed by atoms with van der Waals surface area (Å²) in [5.41, 5.74) is 4.46. The Labute approximate surface area is 146 Å². The number of aryl methyl sites for hydroxylation is 2. The van der Waals surface area contributed by atoms with Crippen LogP contribution >= 0.6 is 0 Å². The minimum Gasteiger partial charge on any atom is -0.493 e. The van der Waals surface area contributed by atoms with E-state index in [4.69, 9.17) is 4.74 Å². The van der Waals surface area contributed by atoms with Gasteiger partial charge in [0.1, 0.15) is 11.6 Å². The highest BCUT2D eigenvalue weighted by atomic mass is 16.5. The monoisotopic (exact) mass is 335 g/mol. The normalized spacial score (nSPS) is 12.8. The summed E-state index contributed by atoms with van der Waals surface area (Å²) in [7, 11) is 1.98. The second-order valence-corrected chi connectivity index (χ2v) is 6.39. The van der Waals surface area contributed by atoms with Gasteiger partial charge >= 0.3 is 0 Å². The van der Waals surface area contributed by atoms with E-state index in [0.29, 0.717) is 13.0 Å². The SMILES string of the molecule is Cn1c(CNC(=O)CCc2ccc3c(c2)CCO3)nc2ccccc21. The number of hydrogen-bond donors (Lipinski definition) is 1. The fourth-order valence-corrected chi connectivity index (χ4v) is 3.27. The Bertz CT molecular complexity index is 930. The van der Waals surface area contributed by atoms with Crippen LogP contribution in [0.5, 0.6) is 5.75 Å². The standard InChI is InChI=1S/C20H21N3O2/c1-23-17-5-3-2-4-16(17)22-19(23)13-21-20(24)9-7-14-6-8-18-15(12-14)10-11-25-18/h2-6,8,12H,7,9-11,13H2,1H3,(H,21,24). The largest absolute Gasteiger partial charge is 0.493 e. The van der Waals surface area contributed by atoms with Gasteiger partial charge in [0.25, 0.3) is 0 Å². The van der Waals surface area contributed by atoms with Gasteiger partial charge in [0, 0.05) is 19.9 Å². The van der Waals surface area contributed by atoms with Crippen molar-refractivity contribution >= 4 is 16.9 Å². The molecule has 0 atom stereocenters. The topological polar surface area (TPSA) is 56.2 Å². The summed E-state index contributed by atoms with van der Waals surface area (Å²) in [5, 5.41) is 2.98. The lowest BCUT2D eigenvalue weighted by molar-refractivity contribution is -0.121. The number of nitrogens with zero attached hydrogens (tertiary/aromatic N) is 2. The molecule has 0 unspecified atom stereocenters. The Kier molecular flexibility index (Phi) is 4.14. The minimum absolute atomic E-state index is 0.0452. The predicted octanol–water partition coefficient (Wildman–Crippen LogP) is 2.76. The van der Waals surface area contributed by atoms with Crippen LogP contribution in [-0.2, 0) is 31.2 Å². The zero-order valence-electron chi connectivity index (χ0n) is 14.3. The van der Waals surface area contributed by atoms with Crippen molar-refractivity contribution < 1.29 is 9.53 Å². The van der Waals surface area contributed by atoms with Crippen LogP contribution in [0.25, 0.3) is 11.0 Å². The van der Waals surface area contributed by atoms with Gasteiger partial charge in [-0.3, -0.25) is 4.79 Å². The third-order valence-electron chi connectivity index (χ3n) is 4.72. The van der Waals surface area contributed by atoms with Crippen molar-refractivity contribution in [3.63, 3.8) is 0 Å². The summed E-state index contributed by atoms with van der Waals surface area (Å²) in [5.74, 6) is 1.89. The van der Waals surface area contributed by atoms with Gasteiger partial charge < -0.3 is 14.6 Å². The van der Waals surface area contributed by atoms with Crippen molar-refractivity contribution in [3.8, 4) is 5.75 Å². The highest BCUT2D eigenvalue weighted by Gasteiger charge is 2.13. The van der Waals surface area contributed by atoms with Crippen LogP contribution in [0.15, 0.2) is 42.5 Å². The van der Waals surface area contributed by atoms with E-state index in [1.54, 1.807) is 0 Å². The molecule has 25 heavy (non-hydrogen) atoms. The van der Waals surface area contributed by atoms with Crippen molar-refractivity contribution in [1.29, 1.82) is 0 Å².